The molecule has 5 rings (SSSR count). The zero-order valence-corrected chi connectivity index (χ0v) is 16.6. The van der Waals surface area contributed by atoms with Crippen molar-refractivity contribution in [3.8, 4) is 39.1 Å². The Morgan fingerprint density at radius 2 is 1.20 bits per heavy atom. The second-order valence-corrected chi connectivity index (χ2v) is 7.11. The van der Waals surface area contributed by atoms with Gasteiger partial charge in [0.25, 0.3) is 0 Å². The van der Waals surface area contributed by atoms with Gasteiger partial charge in [0, 0.05) is 5.56 Å². The van der Waals surface area contributed by atoms with Crippen LogP contribution in [0.25, 0.3) is 33.4 Å². The molecule has 0 saturated carbocycles. The number of methoxy groups -OCH3 is 1. The summed E-state index contributed by atoms with van der Waals surface area (Å²) in [7, 11) is 1.65. The summed E-state index contributed by atoms with van der Waals surface area (Å²) in [5.74, 6) is 0.804. The molecule has 144 valence electrons. The van der Waals surface area contributed by atoms with E-state index >= 15 is 0 Å². The van der Waals surface area contributed by atoms with Crippen molar-refractivity contribution in [2.24, 2.45) is 10.2 Å². The summed E-state index contributed by atoms with van der Waals surface area (Å²) in [4.78, 5) is 0. The van der Waals surface area contributed by atoms with Crippen LogP contribution in [-0.2, 0) is 0 Å². The Morgan fingerprint density at radius 1 is 0.533 bits per heavy atom. The molecule has 0 bridgehead atoms. The molecule has 0 unspecified atom stereocenters. The number of hydrogen-bond donors (Lipinski definition) is 0. The molecule has 0 atom stereocenters. The lowest BCUT2D eigenvalue weighted by molar-refractivity contribution is 0.415. The highest BCUT2D eigenvalue weighted by atomic mass is 16.5. The highest BCUT2D eigenvalue weighted by Gasteiger charge is 2.19. The predicted molar refractivity (Wildman–Crippen MR) is 122 cm³/mol. The Balaban J connectivity index is 1.61. The minimum atomic E-state index is 0.790. The van der Waals surface area contributed by atoms with E-state index in [1.54, 1.807) is 7.11 Å². The second kappa shape index (κ2) is 7.80. The normalized spacial score (nSPS) is 11.4. The summed E-state index contributed by atoms with van der Waals surface area (Å²) < 4.78 is 5.21. The summed E-state index contributed by atoms with van der Waals surface area (Å²) in [6.07, 6.45) is 0. The molecule has 3 nitrogen and oxygen atoms in total. The van der Waals surface area contributed by atoms with Gasteiger partial charge in [-0.25, -0.2) is 0 Å². The molecule has 30 heavy (non-hydrogen) atoms. The van der Waals surface area contributed by atoms with Crippen LogP contribution in [0.1, 0.15) is 0 Å². The molecule has 0 aliphatic heterocycles. The van der Waals surface area contributed by atoms with Gasteiger partial charge >= 0.3 is 0 Å². The van der Waals surface area contributed by atoms with E-state index in [0.717, 1.165) is 22.7 Å². The van der Waals surface area contributed by atoms with Crippen molar-refractivity contribution in [2.45, 2.75) is 0 Å². The molecule has 0 spiro atoms. The summed E-state index contributed by atoms with van der Waals surface area (Å²) in [6.45, 7) is 0. The molecule has 1 aromatic carbocycles. The molecule has 0 heterocycles. The number of benzene rings is 1. The van der Waals surface area contributed by atoms with Crippen molar-refractivity contribution in [1.82, 2.24) is 0 Å². The third-order valence-electron chi connectivity index (χ3n) is 5.31. The molecule has 0 fully saturated rings. The van der Waals surface area contributed by atoms with Crippen LogP contribution < -0.4 is 4.74 Å². The second-order valence-electron chi connectivity index (χ2n) is 7.11. The molecule has 0 N–H and O–H groups in total. The molecule has 0 saturated heterocycles. The summed E-state index contributed by atoms with van der Waals surface area (Å²) in [5, 5.41) is 9.05. The van der Waals surface area contributed by atoms with Gasteiger partial charge in [-0.3, -0.25) is 0 Å². The number of fused-ring (bicyclic) bond motifs is 2. The summed E-state index contributed by atoms with van der Waals surface area (Å²) in [5.41, 5.74) is 8.75. The van der Waals surface area contributed by atoms with Crippen molar-refractivity contribution in [3.63, 3.8) is 0 Å². The summed E-state index contributed by atoms with van der Waals surface area (Å²) >= 11 is 0. The Labute approximate surface area is 176 Å². The summed E-state index contributed by atoms with van der Waals surface area (Å²) in [6, 6.07) is 35.0. The van der Waals surface area contributed by atoms with Crippen LogP contribution in [0.3, 0.4) is 0 Å². The van der Waals surface area contributed by atoms with E-state index in [2.05, 4.69) is 77.0 Å². The lowest BCUT2D eigenvalue weighted by Crippen LogP contribution is -1.79. The van der Waals surface area contributed by atoms with Crippen LogP contribution in [0.2, 0.25) is 0 Å². The monoisotopic (exact) mass is 388 g/mol. The van der Waals surface area contributed by atoms with Gasteiger partial charge in [-0.05, 0) is 58.1 Å². The average Bonchev–Trinajstić information content (AvgIpc) is 3.11. The third-order valence-corrected chi connectivity index (χ3v) is 5.31. The number of nitrogens with zero attached hydrogens (tertiary/aromatic N) is 2. The minimum Gasteiger partial charge on any atom is -0.497 e. The highest BCUT2D eigenvalue weighted by molar-refractivity contribution is 5.99. The van der Waals surface area contributed by atoms with E-state index in [4.69, 9.17) is 4.74 Å². The molecule has 4 aliphatic carbocycles. The van der Waals surface area contributed by atoms with Crippen molar-refractivity contribution in [3.05, 3.63) is 103 Å². The molecule has 0 radical (unpaired) electrons. The van der Waals surface area contributed by atoms with Crippen LogP contribution in [0.15, 0.2) is 113 Å². The van der Waals surface area contributed by atoms with Gasteiger partial charge in [0.05, 0.1) is 18.5 Å². The first-order valence-corrected chi connectivity index (χ1v) is 9.89. The van der Waals surface area contributed by atoms with Gasteiger partial charge in [-0.1, -0.05) is 72.8 Å². The largest absolute Gasteiger partial charge is 0.497 e. The predicted octanol–water partition coefficient (Wildman–Crippen LogP) is 7.99. The fourth-order valence-electron chi connectivity index (χ4n) is 3.81. The van der Waals surface area contributed by atoms with Crippen molar-refractivity contribution in [1.29, 1.82) is 0 Å². The van der Waals surface area contributed by atoms with Gasteiger partial charge in [-0.2, -0.15) is 5.11 Å². The first kappa shape index (κ1) is 18.1. The fraction of sp³-hybridized carbons (Fsp3) is 0.0370. The number of azo groups is 1. The standard InChI is InChI=1S/C27H20N2O/c1-30-21-15-13-20(14-16-21)28-29-27-18-26(23-10-6-3-7-11-25(23)27)24-17-12-19-8-4-2-5-9-22(19)24/h2-18H,1H3. The molecule has 0 amide bonds. The van der Waals surface area contributed by atoms with Gasteiger partial charge in [0.15, 0.2) is 0 Å². The van der Waals surface area contributed by atoms with Gasteiger partial charge in [0.1, 0.15) is 5.75 Å². The van der Waals surface area contributed by atoms with E-state index in [1.165, 1.54) is 27.8 Å². The Bertz CT molecular complexity index is 1270. The quantitative estimate of drug-likeness (QED) is 0.287. The Morgan fingerprint density at radius 3 is 1.97 bits per heavy atom. The van der Waals surface area contributed by atoms with E-state index in [1.807, 2.05) is 36.4 Å². The van der Waals surface area contributed by atoms with Crippen LogP contribution in [0.5, 0.6) is 5.75 Å². The molecule has 1 aromatic rings. The smallest absolute Gasteiger partial charge is 0.119 e. The fourth-order valence-corrected chi connectivity index (χ4v) is 3.81. The Hall–Kier alpha value is -3.98. The number of rotatable bonds is 4. The highest BCUT2D eigenvalue weighted by Crippen LogP contribution is 2.47. The molecule has 3 heteroatoms. The van der Waals surface area contributed by atoms with Crippen molar-refractivity contribution in [2.75, 3.05) is 7.11 Å². The van der Waals surface area contributed by atoms with Crippen LogP contribution in [0, 0.1) is 0 Å². The molecule has 0 aromatic heterocycles. The maximum Gasteiger partial charge on any atom is 0.119 e. The first-order chi connectivity index (χ1) is 14.8. The van der Waals surface area contributed by atoms with Crippen LogP contribution >= 0.6 is 0 Å². The number of ether oxygens (including phenoxy) is 1. The van der Waals surface area contributed by atoms with Crippen molar-refractivity contribution < 1.29 is 4.74 Å². The molecular weight excluding hydrogens is 368 g/mol. The first-order valence-electron chi connectivity index (χ1n) is 9.89. The van der Waals surface area contributed by atoms with Crippen LogP contribution in [0.4, 0.5) is 11.4 Å². The molecular formula is C27H20N2O. The zero-order valence-electron chi connectivity index (χ0n) is 16.6. The minimum absolute atomic E-state index is 0.790. The van der Waals surface area contributed by atoms with E-state index in [0.29, 0.717) is 0 Å². The number of hydrogen-bond acceptors (Lipinski definition) is 3. The van der Waals surface area contributed by atoms with Gasteiger partial charge < -0.3 is 4.74 Å². The third kappa shape index (κ3) is 3.31. The lowest BCUT2D eigenvalue weighted by atomic mass is 10.0. The van der Waals surface area contributed by atoms with Crippen molar-refractivity contribution >= 4 is 11.4 Å². The maximum atomic E-state index is 5.21. The lowest BCUT2D eigenvalue weighted by Gasteiger charge is -2.03. The average molecular weight is 388 g/mol. The van der Waals surface area contributed by atoms with Gasteiger partial charge in [0.2, 0.25) is 0 Å². The topological polar surface area (TPSA) is 34.0 Å². The molecule has 4 aliphatic rings. The Kier molecular flexibility index (Phi) is 4.70. The maximum absolute atomic E-state index is 5.21. The van der Waals surface area contributed by atoms with E-state index in [-0.39, 0.29) is 0 Å². The van der Waals surface area contributed by atoms with E-state index < -0.39 is 0 Å². The SMILES string of the molecule is COc1ccc(N=Nc2cc(-c3ccc4cccccc3-4)c3cccccc2-3)cc1. The van der Waals surface area contributed by atoms with Crippen LogP contribution in [-0.4, -0.2) is 7.11 Å². The van der Waals surface area contributed by atoms with E-state index in [9.17, 15) is 0 Å². The zero-order chi connectivity index (χ0) is 20.3. The van der Waals surface area contributed by atoms with Gasteiger partial charge in [-0.15, -0.1) is 5.11 Å².